The summed E-state index contributed by atoms with van der Waals surface area (Å²) in [5.41, 5.74) is 2.98. The molecule has 3 aromatic rings. The lowest BCUT2D eigenvalue weighted by Crippen LogP contribution is -2.32. The molecule has 150 valence electrons. The highest BCUT2D eigenvalue weighted by Crippen LogP contribution is 2.57. The molecule has 0 radical (unpaired) electrons. The lowest BCUT2D eigenvalue weighted by molar-refractivity contribution is 0.0224. The largest absolute Gasteiger partial charge is 0.508 e. The van der Waals surface area contributed by atoms with Crippen LogP contribution in [0.4, 0.5) is 0 Å². The number of phenols is 2. The Balaban J connectivity index is 1.81. The van der Waals surface area contributed by atoms with Gasteiger partial charge < -0.3 is 19.7 Å². The summed E-state index contributed by atoms with van der Waals surface area (Å²) in [4.78, 5) is 13.0. The third kappa shape index (κ3) is 2.38. The van der Waals surface area contributed by atoms with Gasteiger partial charge in [-0.05, 0) is 47.4 Å². The van der Waals surface area contributed by atoms with E-state index in [1.807, 2.05) is 18.2 Å². The standard InChI is InChI=1S/C25H20O5/c1-13(2)14(3)15-4-7-19-18(10-15)24(28)30-25(19)20-8-5-16(26)11-22(20)29-23-12-17(27)6-9-21(23)25/h4-13,26-27H,3H2,1-2H3. The summed E-state index contributed by atoms with van der Waals surface area (Å²) in [6.45, 7) is 8.25. The van der Waals surface area contributed by atoms with Crippen molar-refractivity contribution in [2.24, 2.45) is 5.92 Å². The molecule has 0 aromatic heterocycles. The number of benzene rings is 3. The van der Waals surface area contributed by atoms with Crippen molar-refractivity contribution in [3.63, 3.8) is 0 Å². The van der Waals surface area contributed by atoms with Crippen molar-refractivity contribution in [2.75, 3.05) is 0 Å². The first-order chi connectivity index (χ1) is 14.3. The average Bonchev–Trinajstić information content (AvgIpc) is 2.99. The number of allylic oxidation sites excluding steroid dienone is 1. The summed E-state index contributed by atoms with van der Waals surface area (Å²) in [5, 5.41) is 19.9. The molecule has 5 rings (SSSR count). The number of rotatable bonds is 2. The van der Waals surface area contributed by atoms with Gasteiger partial charge in [0.1, 0.15) is 23.0 Å². The summed E-state index contributed by atoms with van der Waals surface area (Å²) in [5.74, 6) is 0.586. The molecule has 3 aromatic carbocycles. The zero-order valence-corrected chi connectivity index (χ0v) is 16.6. The summed E-state index contributed by atoms with van der Waals surface area (Å²) < 4.78 is 12.0. The fourth-order valence-electron chi connectivity index (χ4n) is 4.24. The van der Waals surface area contributed by atoms with E-state index in [1.165, 1.54) is 24.3 Å². The molecule has 30 heavy (non-hydrogen) atoms. The van der Waals surface area contributed by atoms with Crippen molar-refractivity contribution in [2.45, 2.75) is 19.4 Å². The summed E-state index contributed by atoms with van der Waals surface area (Å²) >= 11 is 0. The fraction of sp³-hybridized carbons (Fsp3) is 0.160. The molecule has 2 heterocycles. The predicted octanol–water partition coefficient (Wildman–Crippen LogP) is 5.34. The first-order valence-electron chi connectivity index (χ1n) is 9.73. The molecule has 2 N–H and O–H groups in total. The highest BCUT2D eigenvalue weighted by molar-refractivity contribution is 5.98. The monoisotopic (exact) mass is 400 g/mol. The van der Waals surface area contributed by atoms with Gasteiger partial charge in [-0.2, -0.15) is 0 Å². The third-order valence-electron chi connectivity index (χ3n) is 5.84. The Morgan fingerprint density at radius 1 is 0.900 bits per heavy atom. The third-order valence-corrected chi connectivity index (χ3v) is 5.84. The van der Waals surface area contributed by atoms with Crippen molar-refractivity contribution in [1.82, 2.24) is 0 Å². The van der Waals surface area contributed by atoms with E-state index >= 15 is 0 Å². The molecule has 0 unspecified atom stereocenters. The number of fused-ring (bicyclic) bond motifs is 6. The van der Waals surface area contributed by atoms with E-state index in [9.17, 15) is 15.0 Å². The van der Waals surface area contributed by atoms with E-state index in [0.29, 0.717) is 33.8 Å². The Hall–Kier alpha value is -3.73. The SMILES string of the molecule is C=C(c1ccc2c(c1)C(=O)OC21c2ccc(O)cc2Oc2cc(O)ccc21)C(C)C. The molecule has 0 fully saturated rings. The number of aromatic hydroxyl groups is 2. The molecule has 0 bridgehead atoms. The molecule has 0 saturated heterocycles. The second kappa shape index (κ2) is 6.13. The van der Waals surface area contributed by atoms with E-state index in [0.717, 1.165) is 11.1 Å². The highest BCUT2D eigenvalue weighted by Gasteiger charge is 2.53. The van der Waals surface area contributed by atoms with Crippen LogP contribution in [0.2, 0.25) is 0 Å². The van der Waals surface area contributed by atoms with Crippen LogP contribution in [0.25, 0.3) is 5.57 Å². The first kappa shape index (κ1) is 18.3. The van der Waals surface area contributed by atoms with Gasteiger partial charge in [-0.3, -0.25) is 0 Å². The van der Waals surface area contributed by atoms with Gasteiger partial charge in [0.2, 0.25) is 0 Å². The van der Waals surface area contributed by atoms with E-state index in [4.69, 9.17) is 9.47 Å². The van der Waals surface area contributed by atoms with Crippen molar-refractivity contribution in [3.05, 3.63) is 89.0 Å². The van der Waals surface area contributed by atoms with Crippen LogP contribution in [0.3, 0.4) is 0 Å². The number of carbonyl (C=O) groups is 1. The van der Waals surface area contributed by atoms with E-state index in [2.05, 4.69) is 20.4 Å². The maximum Gasteiger partial charge on any atom is 0.340 e. The summed E-state index contributed by atoms with van der Waals surface area (Å²) in [6, 6.07) is 15.1. The average molecular weight is 400 g/mol. The molecule has 0 atom stereocenters. The van der Waals surface area contributed by atoms with Crippen LogP contribution >= 0.6 is 0 Å². The van der Waals surface area contributed by atoms with Gasteiger partial charge in [-0.25, -0.2) is 4.79 Å². The van der Waals surface area contributed by atoms with Gasteiger partial charge in [-0.15, -0.1) is 0 Å². The quantitative estimate of drug-likeness (QED) is 0.568. The Morgan fingerprint density at radius 3 is 2.03 bits per heavy atom. The fourth-order valence-corrected chi connectivity index (χ4v) is 4.24. The van der Waals surface area contributed by atoms with Gasteiger partial charge in [0.05, 0.1) is 5.56 Å². The van der Waals surface area contributed by atoms with Gasteiger partial charge in [0, 0.05) is 28.8 Å². The molecular formula is C25H20O5. The smallest absolute Gasteiger partial charge is 0.340 e. The molecule has 2 aliphatic rings. The zero-order chi connectivity index (χ0) is 21.2. The number of phenolic OH excluding ortho intramolecular Hbond substituents is 2. The molecule has 0 aliphatic carbocycles. The molecular weight excluding hydrogens is 380 g/mol. The molecule has 5 heteroatoms. The van der Waals surface area contributed by atoms with Crippen molar-refractivity contribution in [1.29, 1.82) is 0 Å². The van der Waals surface area contributed by atoms with Gasteiger partial charge in [0.25, 0.3) is 0 Å². The van der Waals surface area contributed by atoms with E-state index < -0.39 is 11.6 Å². The van der Waals surface area contributed by atoms with Crippen molar-refractivity contribution in [3.8, 4) is 23.0 Å². The minimum Gasteiger partial charge on any atom is -0.508 e. The van der Waals surface area contributed by atoms with Crippen LogP contribution in [-0.4, -0.2) is 16.2 Å². The van der Waals surface area contributed by atoms with E-state index in [-0.39, 0.29) is 17.4 Å². The molecule has 2 aliphatic heterocycles. The lowest BCUT2D eigenvalue weighted by Gasteiger charge is -2.36. The number of hydrogen-bond donors (Lipinski definition) is 2. The van der Waals surface area contributed by atoms with Gasteiger partial charge >= 0.3 is 5.97 Å². The Bertz CT molecular complexity index is 1190. The van der Waals surface area contributed by atoms with Crippen LogP contribution in [0.1, 0.15) is 46.5 Å². The van der Waals surface area contributed by atoms with Crippen LogP contribution < -0.4 is 4.74 Å². The second-order valence-corrected chi connectivity index (χ2v) is 7.97. The maximum atomic E-state index is 13.0. The zero-order valence-electron chi connectivity index (χ0n) is 16.6. The summed E-state index contributed by atoms with van der Waals surface area (Å²) in [6.07, 6.45) is 0. The minimum atomic E-state index is -1.23. The molecule has 0 amide bonds. The Kier molecular flexibility index (Phi) is 3.74. The van der Waals surface area contributed by atoms with Gasteiger partial charge in [-0.1, -0.05) is 32.6 Å². The predicted molar refractivity (Wildman–Crippen MR) is 112 cm³/mol. The highest BCUT2D eigenvalue weighted by atomic mass is 16.6. The molecule has 5 nitrogen and oxygen atoms in total. The number of hydrogen-bond acceptors (Lipinski definition) is 5. The first-order valence-corrected chi connectivity index (χ1v) is 9.73. The van der Waals surface area contributed by atoms with Crippen molar-refractivity contribution < 1.29 is 24.5 Å². The minimum absolute atomic E-state index is 0.0284. The topological polar surface area (TPSA) is 76.0 Å². The Labute approximate surface area is 173 Å². The Morgan fingerprint density at radius 2 is 1.47 bits per heavy atom. The maximum absolute atomic E-state index is 13.0. The van der Waals surface area contributed by atoms with E-state index in [1.54, 1.807) is 12.1 Å². The number of ether oxygens (including phenoxy) is 2. The number of carbonyl (C=O) groups excluding carboxylic acids is 1. The van der Waals surface area contributed by atoms with Crippen LogP contribution in [0.5, 0.6) is 23.0 Å². The summed E-state index contributed by atoms with van der Waals surface area (Å²) in [7, 11) is 0. The van der Waals surface area contributed by atoms with Crippen LogP contribution in [0, 0.1) is 5.92 Å². The van der Waals surface area contributed by atoms with Crippen LogP contribution in [-0.2, 0) is 10.3 Å². The normalized spacial score (nSPS) is 15.2. The second-order valence-electron chi connectivity index (χ2n) is 7.97. The molecule has 1 spiro atoms. The van der Waals surface area contributed by atoms with Crippen molar-refractivity contribution >= 4 is 11.5 Å². The van der Waals surface area contributed by atoms with Crippen LogP contribution in [0.15, 0.2) is 61.2 Å². The lowest BCUT2D eigenvalue weighted by atomic mass is 9.77. The van der Waals surface area contributed by atoms with Gasteiger partial charge in [0.15, 0.2) is 5.60 Å². The number of esters is 1. The molecule has 0 saturated carbocycles.